The zero-order valence-corrected chi connectivity index (χ0v) is 17.4. The van der Waals surface area contributed by atoms with E-state index in [1.807, 2.05) is 35.7 Å². The summed E-state index contributed by atoms with van der Waals surface area (Å²) in [5.74, 6) is 1.01. The van der Waals surface area contributed by atoms with Crippen LogP contribution in [0.3, 0.4) is 0 Å². The highest BCUT2D eigenvalue weighted by Crippen LogP contribution is 2.34. The van der Waals surface area contributed by atoms with E-state index in [2.05, 4.69) is 11.8 Å². The number of nitrogens with zero attached hydrogens (tertiary/aromatic N) is 4. The van der Waals surface area contributed by atoms with Crippen molar-refractivity contribution in [3.63, 3.8) is 0 Å². The van der Waals surface area contributed by atoms with E-state index in [4.69, 9.17) is 15.5 Å². The summed E-state index contributed by atoms with van der Waals surface area (Å²) in [6.07, 6.45) is 4.21. The van der Waals surface area contributed by atoms with Gasteiger partial charge in [-0.1, -0.05) is 6.92 Å². The Balaban J connectivity index is 1.80. The van der Waals surface area contributed by atoms with E-state index in [-0.39, 0.29) is 11.4 Å². The van der Waals surface area contributed by atoms with Crippen LogP contribution in [0.5, 0.6) is 5.75 Å². The number of aromatic nitrogens is 2. The first kappa shape index (κ1) is 20.2. The second-order valence-corrected chi connectivity index (χ2v) is 7.93. The molecule has 2 aromatic heterocycles. The van der Waals surface area contributed by atoms with Crippen molar-refractivity contribution in [3.8, 4) is 17.0 Å². The highest BCUT2D eigenvalue weighted by Gasteiger charge is 2.23. The van der Waals surface area contributed by atoms with Crippen molar-refractivity contribution < 1.29 is 9.66 Å². The second-order valence-electron chi connectivity index (χ2n) is 7.93. The third-order valence-corrected chi connectivity index (χ3v) is 5.72. The number of anilines is 1. The van der Waals surface area contributed by atoms with Gasteiger partial charge in [0.15, 0.2) is 5.75 Å². The number of fused-ring (bicyclic) bond motifs is 1. The fourth-order valence-corrected chi connectivity index (χ4v) is 4.01. The van der Waals surface area contributed by atoms with Gasteiger partial charge in [-0.3, -0.25) is 15.0 Å². The van der Waals surface area contributed by atoms with Crippen LogP contribution in [0.15, 0.2) is 36.5 Å². The predicted octanol–water partition coefficient (Wildman–Crippen LogP) is 4.12. The molecule has 1 aromatic carbocycles. The Labute approximate surface area is 175 Å². The van der Waals surface area contributed by atoms with E-state index in [1.165, 1.54) is 12.8 Å². The van der Waals surface area contributed by atoms with Crippen molar-refractivity contribution in [1.29, 1.82) is 0 Å². The molecule has 1 aliphatic heterocycles. The lowest BCUT2D eigenvalue weighted by Gasteiger charge is -2.30. The van der Waals surface area contributed by atoms with Crippen LogP contribution < -0.4 is 10.5 Å². The van der Waals surface area contributed by atoms with E-state index in [0.717, 1.165) is 36.0 Å². The summed E-state index contributed by atoms with van der Waals surface area (Å²) in [5, 5.41) is 11.6. The van der Waals surface area contributed by atoms with Crippen LogP contribution in [-0.2, 0) is 6.54 Å². The maximum Gasteiger partial charge on any atom is 0.311 e. The number of nitrogens with two attached hydrogens (primary N) is 1. The van der Waals surface area contributed by atoms with Gasteiger partial charge in [-0.25, -0.2) is 4.98 Å². The first-order valence-electron chi connectivity index (χ1n) is 10.4. The monoisotopic (exact) mass is 409 g/mol. The standard InChI is InChI=1S/C22H27N5O3/c1-3-30-20-6-4-16(12-18(20)27(28)29)22-19(14-25-10-8-15(2)9-11-25)26-13-17(23)5-7-21(26)24-22/h4-7,12-13,15H,3,8-11,14,23H2,1-2H3. The third-order valence-electron chi connectivity index (χ3n) is 5.72. The van der Waals surface area contributed by atoms with Gasteiger partial charge in [-0.05, 0) is 63.0 Å². The van der Waals surface area contributed by atoms with Crippen molar-refractivity contribution in [3.05, 3.63) is 52.3 Å². The van der Waals surface area contributed by atoms with Crippen molar-refractivity contribution in [2.45, 2.75) is 33.2 Å². The number of hydrogen-bond donors (Lipinski definition) is 1. The first-order chi connectivity index (χ1) is 14.5. The lowest BCUT2D eigenvalue weighted by molar-refractivity contribution is -0.385. The number of benzene rings is 1. The SMILES string of the molecule is CCOc1ccc(-c2nc3ccc(N)cn3c2CN2CCC(C)CC2)cc1[N+](=O)[O-]. The summed E-state index contributed by atoms with van der Waals surface area (Å²) in [5.41, 5.74) is 9.85. The molecule has 0 spiro atoms. The lowest BCUT2D eigenvalue weighted by atomic mass is 9.99. The molecule has 2 N–H and O–H groups in total. The fraction of sp³-hybridized carbons (Fsp3) is 0.409. The largest absolute Gasteiger partial charge is 0.487 e. The van der Waals surface area contributed by atoms with Gasteiger partial charge in [0.05, 0.1) is 22.9 Å². The zero-order valence-electron chi connectivity index (χ0n) is 17.4. The molecule has 3 aromatic rings. The fourth-order valence-electron chi connectivity index (χ4n) is 4.01. The quantitative estimate of drug-likeness (QED) is 0.486. The van der Waals surface area contributed by atoms with Crippen molar-refractivity contribution in [1.82, 2.24) is 14.3 Å². The summed E-state index contributed by atoms with van der Waals surface area (Å²) in [4.78, 5) is 18.4. The first-order valence-corrected chi connectivity index (χ1v) is 10.4. The molecule has 1 aliphatic rings. The normalized spacial score (nSPS) is 15.5. The average molecular weight is 409 g/mol. The maximum atomic E-state index is 11.6. The zero-order chi connectivity index (χ0) is 21.3. The van der Waals surface area contributed by atoms with E-state index in [9.17, 15) is 10.1 Å². The molecule has 3 heterocycles. The highest BCUT2D eigenvalue weighted by molar-refractivity contribution is 5.71. The van der Waals surface area contributed by atoms with Crippen molar-refractivity contribution >= 4 is 17.0 Å². The van der Waals surface area contributed by atoms with Crippen LogP contribution in [0.2, 0.25) is 0 Å². The van der Waals surface area contributed by atoms with Gasteiger partial charge in [-0.15, -0.1) is 0 Å². The smallest absolute Gasteiger partial charge is 0.311 e. The number of nitrogen functional groups attached to an aromatic ring is 1. The Bertz CT molecular complexity index is 1070. The molecule has 1 fully saturated rings. The number of nitro benzene ring substituents is 1. The third kappa shape index (κ3) is 3.95. The highest BCUT2D eigenvalue weighted by atomic mass is 16.6. The average Bonchev–Trinajstić information content (AvgIpc) is 3.07. The maximum absolute atomic E-state index is 11.6. The molecular formula is C22H27N5O3. The summed E-state index contributed by atoms with van der Waals surface area (Å²) in [6, 6.07) is 8.74. The molecule has 158 valence electrons. The van der Waals surface area contributed by atoms with E-state index >= 15 is 0 Å². The number of nitro groups is 1. The van der Waals surface area contributed by atoms with Gasteiger partial charge in [0.1, 0.15) is 5.65 Å². The molecule has 8 nitrogen and oxygen atoms in total. The van der Waals surface area contributed by atoms with Crippen LogP contribution in [0, 0.1) is 16.0 Å². The van der Waals surface area contributed by atoms with E-state index in [0.29, 0.717) is 24.4 Å². The van der Waals surface area contributed by atoms with Gasteiger partial charge in [0, 0.05) is 30.1 Å². The number of piperidine rings is 1. The number of ether oxygens (including phenoxy) is 1. The molecule has 0 aliphatic carbocycles. The Kier molecular flexibility index (Phi) is 5.59. The van der Waals surface area contributed by atoms with E-state index in [1.54, 1.807) is 12.1 Å². The second kappa shape index (κ2) is 8.31. The number of rotatable bonds is 6. The summed E-state index contributed by atoms with van der Waals surface area (Å²) in [7, 11) is 0. The Morgan fingerprint density at radius 2 is 2.03 bits per heavy atom. The van der Waals surface area contributed by atoms with Gasteiger partial charge in [-0.2, -0.15) is 0 Å². The van der Waals surface area contributed by atoms with Gasteiger partial charge >= 0.3 is 5.69 Å². The van der Waals surface area contributed by atoms with Crippen LogP contribution in [0.25, 0.3) is 16.9 Å². The number of hydrogen-bond acceptors (Lipinski definition) is 6. The molecule has 4 rings (SSSR count). The van der Waals surface area contributed by atoms with Crippen LogP contribution in [-0.4, -0.2) is 38.9 Å². The molecule has 0 unspecified atom stereocenters. The molecule has 0 amide bonds. The number of likely N-dealkylation sites (tertiary alicyclic amines) is 1. The predicted molar refractivity (Wildman–Crippen MR) is 117 cm³/mol. The Hall–Kier alpha value is -3.13. The molecule has 0 bridgehead atoms. The molecule has 0 saturated carbocycles. The van der Waals surface area contributed by atoms with Crippen LogP contribution in [0.1, 0.15) is 32.4 Å². The van der Waals surface area contributed by atoms with Gasteiger partial charge < -0.3 is 14.9 Å². The van der Waals surface area contributed by atoms with Gasteiger partial charge in [0.25, 0.3) is 0 Å². The van der Waals surface area contributed by atoms with Crippen molar-refractivity contribution in [2.24, 2.45) is 5.92 Å². The Morgan fingerprint density at radius 3 is 2.73 bits per heavy atom. The molecular weight excluding hydrogens is 382 g/mol. The molecule has 0 atom stereocenters. The summed E-state index contributed by atoms with van der Waals surface area (Å²) in [6.45, 7) is 7.23. The minimum absolute atomic E-state index is 0.0522. The number of imidazole rings is 1. The molecule has 1 saturated heterocycles. The lowest BCUT2D eigenvalue weighted by Crippen LogP contribution is -2.32. The minimum atomic E-state index is -0.409. The minimum Gasteiger partial charge on any atom is -0.487 e. The van der Waals surface area contributed by atoms with E-state index < -0.39 is 4.92 Å². The molecule has 30 heavy (non-hydrogen) atoms. The number of pyridine rings is 1. The van der Waals surface area contributed by atoms with Gasteiger partial charge in [0.2, 0.25) is 0 Å². The molecule has 0 radical (unpaired) electrons. The topological polar surface area (TPSA) is 98.9 Å². The van der Waals surface area contributed by atoms with Crippen molar-refractivity contribution in [2.75, 3.05) is 25.4 Å². The Morgan fingerprint density at radius 1 is 1.27 bits per heavy atom. The molecule has 8 heteroatoms. The van der Waals surface area contributed by atoms with Crippen LogP contribution in [0.4, 0.5) is 11.4 Å². The van der Waals surface area contributed by atoms with Crippen LogP contribution >= 0.6 is 0 Å². The summed E-state index contributed by atoms with van der Waals surface area (Å²) < 4.78 is 7.44. The summed E-state index contributed by atoms with van der Waals surface area (Å²) >= 11 is 0.